The SMILES string of the molecule is COC(=O)[C@]1(Cc2ccc(Br)cc2)CC[C@H](O[Si](C)(C)C(C)(C)C)CCC1=O. The molecule has 1 aromatic rings. The lowest BCUT2D eigenvalue weighted by atomic mass is 9.74. The van der Waals surface area contributed by atoms with Crippen LogP contribution in [0.2, 0.25) is 18.1 Å². The van der Waals surface area contributed by atoms with Crippen LogP contribution >= 0.6 is 15.9 Å². The molecule has 0 amide bonds. The lowest BCUT2D eigenvalue weighted by molar-refractivity contribution is -0.158. The zero-order valence-electron chi connectivity index (χ0n) is 17.9. The third-order valence-corrected chi connectivity index (χ3v) is 11.4. The Morgan fingerprint density at radius 3 is 2.36 bits per heavy atom. The molecule has 0 spiro atoms. The maximum atomic E-state index is 13.2. The van der Waals surface area contributed by atoms with E-state index in [1.54, 1.807) is 0 Å². The Hall–Kier alpha value is -0.983. The van der Waals surface area contributed by atoms with Crippen molar-refractivity contribution < 1.29 is 18.8 Å². The molecule has 4 nitrogen and oxygen atoms in total. The summed E-state index contributed by atoms with van der Waals surface area (Å²) in [5.41, 5.74) is -0.153. The zero-order valence-corrected chi connectivity index (χ0v) is 20.5. The molecule has 0 unspecified atom stereocenters. The van der Waals surface area contributed by atoms with Gasteiger partial charge in [0.1, 0.15) is 5.41 Å². The van der Waals surface area contributed by atoms with Gasteiger partial charge in [-0.15, -0.1) is 0 Å². The highest BCUT2D eigenvalue weighted by atomic mass is 79.9. The van der Waals surface area contributed by atoms with Crippen molar-refractivity contribution in [3.8, 4) is 0 Å². The highest BCUT2D eigenvalue weighted by Crippen LogP contribution is 2.42. The number of esters is 1. The van der Waals surface area contributed by atoms with Crippen LogP contribution in [-0.4, -0.2) is 33.3 Å². The van der Waals surface area contributed by atoms with E-state index in [-0.39, 0.29) is 16.9 Å². The minimum Gasteiger partial charge on any atom is -0.468 e. The first kappa shape index (κ1) is 23.3. The Kier molecular flexibility index (Phi) is 7.32. The van der Waals surface area contributed by atoms with E-state index in [0.29, 0.717) is 32.1 Å². The Morgan fingerprint density at radius 2 is 1.82 bits per heavy atom. The summed E-state index contributed by atoms with van der Waals surface area (Å²) in [7, 11) is -0.563. The summed E-state index contributed by atoms with van der Waals surface area (Å²) in [6, 6.07) is 7.78. The number of benzene rings is 1. The summed E-state index contributed by atoms with van der Waals surface area (Å²) in [5, 5.41) is 0.111. The Labute approximate surface area is 178 Å². The molecule has 1 aliphatic rings. The number of carbonyl (C=O) groups is 2. The van der Waals surface area contributed by atoms with Crippen molar-refractivity contribution in [2.45, 2.75) is 77.1 Å². The second-order valence-corrected chi connectivity index (χ2v) is 15.0. The van der Waals surface area contributed by atoms with Gasteiger partial charge in [-0.25, -0.2) is 0 Å². The lowest BCUT2D eigenvalue weighted by Gasteiger charge is -2.39. The molecule has 2 atom stereocenters. The van der Waals surface area contributed by atoms with Gasteiger partial charge in [-0.05, 0) is 61.5 Å². The number of ketones is 1. The number of hydrogen-bond acceptors (Lipinski definition) is 4. The summed E-state index contributed by atoms with van der Waals surface area (Å²) in [6.07, 6.45) is 2.58. The van der Waals surface area contributed by atoms with Gasteiger partial charge in [0.05, 0.1) is 7.11 Å². The van der Waals surface area contributed by atoms with Crippen molar-refractivity contribution in [1.82, 2.24) is 0 Å². The average Bonchev–Trinajstić information content (AvgIpc) is 2.76. The minimum atomic E-state index is -1.93. The molecule has 2 rings (SSSR count). The van der Waals surface area contributed by atoms with E-state index in [4.69, 9.17) is 9.16 Å². The first-order valence-corrected chi connectivity index (χ1v) is 13.7. The fraction of sp³-hybridized carbons (Fsp3) is 0.636. The van der Waals surface area contributed by atoms with E-state index in [2.05, 4.69) is 49.8 Å². The van der Waals surface area contributed by atoms with Crippen LogP contribution in [0, 0.1) is 5.41 Å². The molecule has 0 aromatic heterocycles. The highest BCUT2D eigenvalue weighted by Gasteiger charge is 2.49. The van der Waals surface area contributed by atoms with Crippen LogP contribution in [0.25, 0.3) is 0 Å². The van der Waals surface area contributed by atoms with Gasteiger partial charge in [-0.2, -0.15) is 0 Å². The number of rotatable bonds is 5. The summed E-state index contributed by atoms with van der Waals surface area (Å²) < 4.78 is 12.6. The van der Waals surface area contributed by atoms with Gasteiger partial charge in [0.25, 0.3) is 0 Å². The molecule has 28 heavy (non-hydrogen) atoms. The van der Waals surface area contributed by atoms with Gasteiger partial charge in [-0.1, -0.05) is 48.8 Å². The van der Waals surface area contributed by atoms with Gasteiger partial charge in [-0.3, -0.25) is 9.59 Å². The van der Waals surface area contributed by atoms with Crippen molar-refractivity contribution in [1.29, 1.82) is 0 Å². The monoisotopic (exact) mass is 468 g/mol. The number of hydrogen-bond donors (Lipinski definition) is 0. The highest BCUT2D eigenvalue weighted by molar-refractivity contribution is 9.10. The van der Waals surface area contributed by atoms with Crippen LogP contribution < -0.4 is 0 Å². The molecule has 1 aromatic carbocycles. The van der Waals surface area contributed by atoms with Crippen molar-refractivity contribution >= 4 is 36.0 Å². The topological polar surface area (TPSA) is 52.6 Å². The van der Waals surface area contributed by atoms with Crippen LogP contribution in [0.5, 0.6) is 0 Å². The Bertz CT molecular complexity index is 708. The fourth-order valence-corrected chi connectivity index (χ4v) is 5.24. The second-order valence-electron chi connectivity index (χ2n) is 9.38. The zero-order chi connectivity index (χ0) is 21.2. The number of Topliss-reactive ketones (excluding diaryl/α,β-unsaturated/α-hetero) is 1. The molecule has 0 N–H and O–H groups in total. The second kappa shape index (κ2) is 8.80. The minimum absolute atomic E-state index is 0.0151. The van der Waals surface area contributed by atoms with Crippen LogP contribution in [0.4, 0.5) is 0 Å². The van der Waals surface area contributed by atoms with Gasteiger partial charge < -0.3 is 9.16 Å². The first-order chi connectivity index (χ1) is 12.9. The van der Waals surface area contributed by atoms with Gasteiger partial charge in [0.2, 0.25) is 0 Å². The maximum absolute atomic E-state index is 13.2. The van der Waals surface area contributed by atoms with Crippen LogP contribution in [0.15, 0.2) is 28.7 Å². The smallest absolute Gasteiger partial charge is 0.319 e. The molecule has 0 saturated heterocycles. The molecule has 1 aliphatic carbocycles. The molecule has 1 fully saturated rings. The third kappa shape index (κ3) is 5.13. The van der Waals surface area contributed by atoms with Crippen LogP contribution in [-0.2, 0) is 25.2 Å². The number of ether oxygens (including phenoxy) is 1. The lowest BCUT2D eigenvalue weighted by Crippen LogP contribution is -2.44. The third-order valence-electron chi connectivity index (χ3n) is 6.38. The molecule has 6 heteroatoms. The van der Waals surface area contributed by atoms with Gasteiger partial charge in [0, 0.05) is 17.0 Å². The Morgan fingerprint density at radius 1 is 1.21 bits per heavy atom. The molecule has 0 heterocycles. The standard InChI is InChI=1S/C22H33BrO4Si/c1-21(2,3)28(5,6)27-18-11-12-19(24)22(14-13-18,20(25)26-4)15-16-7-9-17(23)10-8-16/h7-10,18H,11-15H2,1-6H3/t18-,22+/m1/s1. The molecule has 1 saturated carbocycles. The number of methoxy groups -OCH3 is 1. The Balaban J connectivity index is 2.26. The number of carbonyl (C=O) groups excluding carboxylic acids is 2. The van der Waals surface area contributed by atoms with Gasteiger partial charge in [0.15, 0.2) is 14.1 Å². The van der Waals surface area contributed by atoms with E-state index in [1.807, 2.05) is 24.3 Å². The van der Waals surface area contributed by atoms with E-state index in [9.17, 15) is 9.59 Å². The normalized spacial score (nSPS) is 24.0. The van der Waals surface area contributed by atoms with Crippen LogP contribution in [0.1, 0.15) is 52.0 Å². The van der Waals surface area contributed by atoms with Crippen molar-refractivity contribution in [3.05, 3.63) is 34.3 Å². The van der Waals surface area contributed by atoms with E-state index >= 15 is 0 Å². The summed E-state index contributed by atoms with van der Waals surface area (Å²) in [6.45, 7) is 11.1. The summed E-state index contributed by atoms with van der Waals surface area (Å²) >= 11 is 3.43. The van der Waals surface area contributed by atoms with Crippen molar-refractivity contribution in [2.75, 3.05) is 7.11 Å². The molecular formula is C22H33BrO4Si. The average molecular weight is 469 g/mol. The van der Waals surface area contributed by atoms with Gasteiger partial charge >= 0.3 is 5.97 Å². The number of halogens is 1. The fourth-order valence-electron chi connectivity index (χ4n) is 3.55. The molecule has 156 valence electrons. The largest absolute Gasteiger partial charge is 0.468 e. The molecule has 0 bridgehead atoms. The predicted molar refractivity (Wildman–Crippen MR) is 118 cm³/mol. The predicted octanol–water partition coefficient (Wildman–Crippen LogP) is 5.68. The molecular weight excluding hydrogens is 436 g/mol. The van der Waals surface area contributed by atoms with Crippen molar-refractivity contribution in [2.24, 2.45) is 5.41 Å². The summed E-state index contributed by atoms with van der Waals surface area (Å²) in [5.74, 6) is -0.447. The van der Waals surface area contributed by atoms with Crippen LogP contribution in [0.3, 0.4) is 0 Å². The molecule has 0 aliphatic heterocycles. The van der Waals surface area contributed by atoms with E-state index in [0.717, 1.165) is 10.0 Å². The summed E-state index contributed by atoms with van der Waals surface area (Å²) in [4.78, 5) is 26.0. The molecule has 0 radical (unpaired) electrons. The van der Waals surface area contributed by atoms with Crippen molar-refractivity contribution in [3.63, 3.8) is 0 Å². The van der Waals surface area contributed by atoms with E-state index < -0.39 is 19.7 Å². The quantitative estimate of drug-likeness (QED) is 0.241. The van der Waals surface area contributed by atoms with E-state index in [1.165, 1.54) is 7.11 Å². The first-order valence-electron chi connectivity index (χ1n) is 9.95. The maximum Gasteiger partial charge on any atom is 0.319 e.